The fraction of sp³-hybridized carbons (Fsp3) is 0.583. The molecule has 0 saturated carbocycles. The molecule has 0 N–H and O–H groups in total. The smallest absolute Gasteiger partial charge is 0.260 e. The van der Waals surface area contributed by atoms with Gasteiger partial charge in [-0.3, -0.25) is 4.90 Å². The standard InChI is InChI=1S/C12H14F2N4/c1-9-16-6-10(7-17-9)11(5-15)18-4-2-3-12(13,14)8-18/h6-7,11H,2-4,8H2,1H3. The van der Waals surface area contributed by atoms with E-state index in [0.717, 1.165) is 0 Å². The second-order valence-corrected chi connectivity index (χ2v) is 4.53. The summed E-state index contributed by atoms with van der Waals surface area (Å²) in [5, 5.41) is 9.18. The van der Waals surface area contributed by atoms with E-state index in [1.54, 1.807) is 6.92 Å². The van der Waals surface area contributed by atoms with Gasteiger partial charge in [0.05, 0.1) is 12.6 Å². The van der Waals surface area contributed by atoms with Gasteiger partial charge in [0, 0.05) is 30.9 Å². The van der Waals surface area contributed by atoms with Crippen molar-refractivity contribution >= 4 is 0 Å². The number of hydrogen-bond donors (Lipinski definition) is 0. The summed E-state index contributed by atoms with van der Waals surface area (Å²) < 4.78 is 26.7. The molecule has 0 radical (unpaired) electrons. The van der Waals surface area contributed by atoms with E-state index in [4.69, 9.17) is 0 Å². The molecule has 1 atom stereocenters. The highest BCUT2D eigenvalue weighted by Crippen LogP contribution is 2.31. The third-order valence-corrected chi connectivity index (χ3v) is 3.03. The first-order valence-electron chi connectivity index (χ1n) is 5.82. The average molecular weight is 252 g/mol. The van der Waals surface area contributed by atoms with Crippen LogP contribution in [0.15, 0.2) is 12.4 Å². The second-order valence-electron chi connectivity index (χ2n) is 4.53. The van der Waals surface area contributed by atoms with Crippen molar-refractivity contribution in [3.8, 4) is 6.07 Å². The number of nitrogens with zero attached hydrogens (tertiary/aromatic N) is 4. The van der Waals surface area contributed by atoms with E-state index in [9.17, 15) is 14.0 Å². The van der Waals surface area contributed by atoms with Crippen LogP contribution in [-0.4, -0.2) is 33.9 Å². The number of hydrogen-bond acceptors (Lipinski definition) is 4. The molecule has 0 amide bonds. The van der Waals surface area contributed by atoms with Crippen LogP contribution in [0.25, 0.3) is 0 Å². The third-order valence-electron chi connectivity index (χ3n) is 3.03. The summed E-state index contributed by atoms with van der Waals surface area (Å²) in [4.78, 5) is 9.50. The number of piperidine rings is 1. The van der Waals surface area contributed by atoms with Crippen molar-refractivity contribution in [1.29, 1.82) is 5.26 Å². The number of aryl methyl sites for hydroxylation is 1. The van der Waals surface area contributed by atoms with Gasteiger partial charge in [0.25, 0.3) is 5.92 Å². The maximum atomic E-state index is 13.3. The molecule has 1 aromatic heterocycles. The van der Waals surface area contributed by atoms with Gasteiger partial charge >= 0.3 is 0 Å². The van der Waals surface area contributed by atoms with Crippen LogP contribution in [0.1, 0.15) is 30.3 Å². The van der Waals surface area contributed by atoms with Crippen LogP contribution < -0.4 is 0 Å². The molecule has 0 spiro atoms. The minimum Gasteiger partial charge on any atom is -0.278 e. The maximum Gasteiger partial charge on any atom is 0.260 e. The molecule has 1 saturated heterocycles. The van der Waals surface area contributed by atoms with Gasteiger partial charge in [0.1, 0.15) is 11.9 Å². The molecule has 1 unspecified atom stereocenters. The zero-order valence-corrected chi connectivity index (χ0v) is 10.1. The van der Waals surface area contributed by atoms with Crippen molar-refractivity contribution in [2.75, 3.05) is 13.1 Å². The fourth-order valence-electron chi connectivity index (χ4n) is 2.13. The van der Waals surface area contributed by atoms with E-state index in [-0.39, 0.29) is 13.0 Å². The monoisotopic (exact) mass is 252 g/mol. The third kappa shape index (κ3) is 2.79. The molecule has 18 heavy (non-hydrogen) atoms. The molecule has 2 rings (SSSR count). The zero-order chi connectivity index (χ0) is 13.2. The van der Waals surface area contributed by atoms with Crippen molar-refractivity contribution in [3.63, 3.8) is 0 Å². The molecular formula is C12H14F2N4. The minimum absolute atomic E-state index is 0.105. The lowest BCUT2D eigenvalue weighted by atomic mass is 10.0. The first kappa shape index (κ1) is 12.8. The van der Waals surface area contributed by atoms with Gasteiger partial charge in [0.15, 0.2) is 0 Å². The van der Waals surface area contributed by atoms with Crippen LogP contribution in [-0.2, 0) is 0 Å². The SMILES string of the molecule is Cc1ncc(C(C#N)N2CCCC(F)(F)C2)cn1. The van der Waals surface area contributed by atoms with Gasteiger partial charge in [-0.1, -0.05) is 0 Å². The van der Waals surface area contributed by atoms with E-state index in [0.29, 0.717) is 24.4 Å². The molecule has 0 aromatic carbocycles. The molecule has 6 heteroatoms. The van der Waals surface area contributed by atoms with Crippen molar-refractivity contribution in [2.24, 2.45) is 0 Å². The molecular weight excluding hydrogens is 238 g/mol. The number of alkyl halides is 2. The predicted molar refractivity (Wildman–Crippen MR) is 60.9 cm³/mol. The highest BCUT2D eigenvalue weighted by molar-refractivity contribution is 5.18. The van der Waals surface area contributed by atoms with Gasteiger partial charge in [-0.05, 0) is 13.3 Å². The normalized spacial score (nSPS) is 21.2. The van der Waals surface area contributed by atoms with Gasteiger partial charge < -0.3 is 0 Å². The molecule has 1 fully saturated rings. The van der Waals surface area contributed by atoms with Crippen molar-refractivity contribution in [1.82, 2.24) is 14.9 Å². The Hall–Kier alpha value is -1.61. The van der Waals surface area contributed by atoms with E-state index < -0.39 is 12.0 Å². The zero-order valence-electron chi connectivity index (χ0n) is 10.1. The molecule has 1 aliphatic heterocycles. The van der Waals surface area contributed by atoms with Crippen LogP contribution in [0.5, 0.6) is 0 Å². The number of likely N-dealkylation sites (tertiary alicyclic amines) is 1. The van der Waals surface area contributed by atoms with Crippen LogP contribution in [0.3, 0.4) is 0 Å². The fourth-order valence-corrected chi connectivity index (χ4v) is 2.13. The Bertz CT molecular complexity index is 452. The second kappa shape index (κ2) is 4.94. The summed E-state index contributed by atoms with van der Waals surface area (Å²) in [6, 6.07) is 1.36. The average Bonchev–Trinajstić information content (AvgIpc) is 2.31. The lowest BCUT2D eigenvalue weighted by molar-refractivity contribution is -0.0702. The van der Waals surface area contributed by atoms with E-state index in [1.807, 2.05) is 0 Å². The number of rotatable bonds is 2. The quantitative estimate of drug-likeness (QED) is 0.808. The van der Waals surface area contributed by atoms with Crippen molar-refractivity contribution in [2.45, 2.75) is 31.7 Å². The highest BCUT2D eigenvalue weighted by Gasteiger charge is 2.38. The Morgan fingerprint density at radius 3 is 2.67 bits per heavy atom. The van der Waals surface area contributed by atoms with Crippen LogP contribution in [0.4, 0.5) is 8.78 Å². The molecule has 0 bridgehead atoms. The molecule has 0 aliphatic carbocycles. The largest absolute Gasteiger partial charge is 0.278 e. The Labute approximate surface area is 104 Å². The Morgan fingerprint density at radius 1 is 1.44 bits per heavy atom. The summed E-state index contributed by atoms with van der Waals surface area (Å²) in [6.07, 6.45) is 3.36. The molecule has 96 valence electrons. The van der Waals surface area contributed by atoms with Crippen LogP contribution >= 0.6 is 0 Å². The van der Waals surface area contributed by atoms with Crippen LogP contribution in [0.2, 0.25) is 0 Å². The highest BCUT2D eigenvalue weighted by atomic mass is 19.3. The minimum atomic E-state index is -2.71. The first-order valence-corrected chi connectivity index (χ1v) is 5.82. The van der Waals surface area contributed by atoms with Gasteiger partial charge in [-0.15, -0.1) is 0 Å². The van der Waals surface area contributed by atoms with E-state index in [1.165, 1.54) is 17.3 Å². The molecule has 1 aromatic rings. The number of aromatic nitrogens is 2. The summed E-state index contributed by atoms with van der Waals surface area (Å²) in [6.45, 7) is 1.86. The van der Waals surface area contributed by atoms with Gasteiger partial charge in [-0.2, -0.15) is 5.26 Å². The van der Waals surface area contributed by atoms with E-state index >= 15 is 0 Å². The van der Waals surface area contributed by atoms with Gasteiger partial charge in [0.2, 0.25) is 0 Å². The summed E-state index contributed by atoms with van der Waals surface area (Å²) in [5.41, 5.74) is 0.570. The topological polar surface area (TPSA) is 52.8 Å². The summed E-state index contributed by atoms with van der Waals surface area (Å²) in [7, 11) is 0. The Balaban J connectivity index is 2.19. The molecule has 2 heterocycles. The number of nitriles is 1. The lowest BCUT2D eigenvalue weighted by Gasteiger charge is -2.35. The molecule has 1 aliphatic rings. The summed E-state index contributed by atoms with van der Waals surface area (Å²) in [5.74, 6) is -2.11. The Kier molecular flexibility index (Phi) is 3.53. The number of halogens is 2. The molecule has 4 nitrogen and oxygen atoms in total. The predicted octanol–water partition coefficient (Wildman–Crippen LogP) is 2.08. The van der Waals surface area contributed by atoms with E-state index in [2.05, 4.69) is 16.0 Å². The Morgan fingerprint density at radius 2 is 2.11 bits per heavy atom. The first-order chi connectivity index (χ1) is 8.52. The lowest BCUT2D eigenvalue weighted by Crippen LogP contribution is -2.44. The van der Waals surface area contributed by atoms with Crippen molar-refractivity contribution < 1.29 is 8.78 Å². The summed E-state index contributed by atoms with van der Waals surface area (Å²) >= 11 is 0. The van der Waals surface area contributed by atoms with Gasteiger partial charge in [-0.25, -0.2) is 18.7 Å². The van der Waals surface area contributed by atoms with Crippen LogP contribution in [0, 0.1) is 18.3 Å². The van der Waals surface area contributed by atoms with Crippen molar-refractivity contribution in [3.05, 3.63) is 23.8 Å². The maximum absolute atomic E-state index is 13.3.